The maximum Gasteiger partial charge on any atom is 0.319 e. The van der Waals surface area contributed by atoms with Gasteiger partial charge in [0.2, 0.25) is 5.88 Å². The Kier molecular flexibility index (Phi) is 14.1. The number of hydrogen-bond donors (Lipinski definition) is 4. The molecule has 2 saturated heterocycles. The lowest BCUT2D eigenvalue weighted by Crippen LogP contribution is -2.63. The van der Waals surface area contributed by atoms with E-state index >= 15 is 8.78 Å². The van der Waals surface area contributed by atoms with E-state index < -0.39 is 55.0 Å². The Bertz CT molecular complexity index is 2310. The number of methoxy groups -OCH3 is 1. The molecule has 334 valence electrons. The van der Waals surface area contributed by atoms with E-state index in [1.54, 1.807) is 0 Å². The number of phenolic OH excluding ortho intramolecular Hbond substituents is 1. The van der Waals surface area contributed by atoms with Crippen LogP contribution in [0.4, 0.5) is 32.6 Å². The van der Waals surface area contributed by atoms with Gasteiger partial charge in [-0.2, -0.15) is 9.97 Å². The van der Waals surface area contributed by atoms with E-state index in [1.165, 1.54) is 30.2 Å². The van der Waals surface area contributed by atoms with Crippen molar-refractivity contribution >= 4 is 40.0 Å². The largest absolute Gasteiger partial charge is 0.508 e. The molecule has 7 rings (SSSR count). The summed E-state index contributed by atoms with van der Waals surface area (Å²) in [7, 11) is 1.33. The summed E-state index contributed by atoms with van der Waals surface area (Å²) in [6, 6.07) is 3.28. The summed E-state index contributed by atoms with van der Waals surface area (Å²) in [5.41, 5.74) is -0.977. The van der Waals surface area contributed by atoms with Gasteiger partial charge in [-0.25, -0.2) is 31.7 Å². The number of nitrogens with one attached hydrogen (secondary N) is 1. The number of anilines is 1. The van der Waals surface area contributed by atoms with E-state index in [0.29, 0.717) is 50.7 Å². The third kappa shape index (κ3) is 9.65. The molecule has 4 heterocycles. The molecule has 62 heavy (non-hydrogen) atoms. The highest BCUT2D eigenvalue weighted by atomic mass is 19.3. The van der Waals surface area contributed by atoms with E-state index in [9.17, 15) is 23.1 Å². The Balaban J connectivity index is 0.00000208. The molecule has 4 aromatic rings. The molecular formula is C43H50F5N7O7. The van der Waals surface area contributed by atoms with Gasteiger partial charge in [0, 0.05) is 49.1 Å². The van der Waals surface area contributed by atoms with E-state index in [2.05, 4.69) is 26.1 Å². The molecule has 2 unspecified atom stereocenters. The number of phenols is 1. The van der Waals surface area contributed by atoms with Crippen LogP contribution in [-0.2, 0) is 4.79 Å². The number of halogens is 5. The summed E-state index contributed by atoms with van der Waals surface area (Å²) >= 11 is 0. The number of fused-ring (bicyclic) bond motifs is 2. The number of benzene rings is 2. The fraction of sp³-hybridized carbons (Fsp3) is 0.512. The number of piperidine rings is 1. The van der Waals surface area contributed by atoms with E-state index in [1.807, 2.05) is 18.7 Å². The van der Waals surface area contributed by atoms with Crippen molar-refractivity contribution in [1.82, 2.24) is 30.1 Å². The zero-order chi connectivity index (χ0) is 44.9. The van der Waals surface area contributed by atoms with Gasteiger partial charge in [-0.1, -0.05) is 25.8 Å². The summed E-state index contributed by atoms with van der Waals surface area (Å²) in [5, 5.41) is 29.5. The van der Waals surface area contributed by atoms with Crippen LogP contribution in [0.2, 0.25) is 0 Å². The lowest BCUT2D eigenvalue weighted by atomic mass is 9.95. The molecule has 2 aromatic heterocycles. The van der Waals surface area contributed by atoms with E-state index in [4.69, 9.17) is 35.9 Å². The fourth-order valence-corrected chi connectivity index (χ4v) is 8.32. The molecule has 4 N–H and O–H groups in total. The van der Waals surface area contributed by atoms with Gasteiger partial charge in [0.1, 0.15) is 46.8 Å². The highest BCUT2D eigenvalue weighted by Gasteiger charge is 2.46. The number of terminal acetylenes is 1. The molecular weight excluding hydrogens is 822 g/mol. The smallest absolute Gasteiger partial charge is 0.319 e. The molecule has 3 aliphatic rings. The number of carbonyl (C=O) groups excluding carboxylic acids is 1. The molecule has 2 aromatic carbocycles. The number of aliphatic hydroxyl groups is 1. The minimum atomic E-state index is -3.50. The standard InChI is InChI=1S/C42H48F5N7O5.CH2O2/c1-5-26-18-53(19-27(6-2)54(26)40(57)48-20-42(46,47)22-55)37-33-36(50-39(51-37)59-23-41(12-13-41)21-52-14-10-25(43)11-15-52)34(45)35(49-38(33)58-4)30-17-28(56)16-24-8-9-31(44)29(7-3)32(24)30;2-1-3/h3,8-9,16-17,25-27,55-56H,5-6,10-15,18-23H2,1-2,4H3,(H,48,57);1H,(H,2,3). The average Bonchev–Trinajstić information content (AvgIpc) is 4.04. The van der Waals surface area contributed by atoms with Crippen LogP contribution in [0.3, 0.4) is 0 Å². The van der Waals surface area contributed by atoms with Crippen LogP contribution in [0.25, 0.3) is 32.9 Å². The molecule has 19 heteroatoms. The van der Waals surface area contributed by atoms with Crippen molar-refractivity contribution < 1.29 is 56.3 Å². The summed E-state index contributed by atoms with van der Waals surface area (Å²) in [6.45, 7) is 3.45. The summed E-state index contributed by atoms with van der Waals surface area (Å²) in [5.74, 6) is -3.01. The second-order valence-corrected chi connectivity index (χ2v) is 15.9. The van der Waals surface area contributed by atoms with Gasteiger partial charge in [-0.05, 0) is 62.1 Å². The van der Waals surface area contributed by atoms with E-state index in [0.717, 1.165) is 18.9 Å². The Hall–Kier alpha value is -5.74. The fourth-order valence-electron chi connectivity index (χ4n) is 8.32. The SMILES string of the molecule is C#Cc1c(F)ccc2cc(O)cc(-c3nc(OC)c4c(N5CC(CC)N(C(=O)NCC(F)(F)CO)C(CC)C5)nc(OCC5(CN6CCC(F)CC6)CC5)nc4c3F)c12.O=CO. The lowest BCUT2D eigenvalue weighted by Gasteiger charge is -2.47. The van der Waals surface area contributed by atoms with Crippen LogP contribution in [0.15, 0.2) is 24.3 Å². The van der Waals surface area contributed by atoms with Crippen LogP contribution in [0.5, 0.6) is 17.6 Å². The van der Waals surface area contributed by atoms with E-state index in [-0.39, 0.29) is 88.2 Å². The highest BCUT2D eigenvalue weighted by molar-refractivity contribution is 6.04. The van der Waals surface area contributed by atoms with Gasteiger partial charge < -0.3 is 44.8 Å². The predicted octanol–water partition coefficient (Wildman–Crippen LogP) is 6.13. The second kappa shape index (κ2) is 19.1. The zero-order valence-electron chi connectivity index (χ0n) is 34.6. The minimum Gasteiger partial charge on any atom is -0.508 e. The normalized spacial score (nSPS) is 19.1. The summed E-state index contributed by atoms with van der Waals surface area (Å²) in [6.07, 6.45) is 8.42. The number of nitrogens with zero attached hydrogens (tertiary/aromatic N) is 6. The molecule has 0 radical (unpaired) electrons. The second-order valence-electron chi connectivity index (χ2n) is 15.9. The number of aromatic hydroxyl groups is 1. The first-order valence-electron chi connectivity index (χ1n) is 20.4. The molecule has 1 aliphatic carbocycles. The minimum absolute atomic E-state index is 0.00902. The van der Waals surface area contributed by atoms with Crippen molar-refractivity contribution in [3.63, 3.8) is 0 Å². The van der Waals surface area contributed by atoms with Crippen molar-refractivity contribution in [3.8, 4) is 41.2 Å². The summed E-state index contributed by atoms with van der Waals surface area (Å²) < 4.78 is 86.4. The third-order valence-corrected chi connectivity index (χ3v) is 11.8. The van der Waals surface area contributed by atoms with Crippen LogP contribution < -0.4 is 19.7 Å². The number of alkyl halides is 3. The first kappa shape index (κ1) is 45.8. The highest BCUT2D eigenvalue weighted by Crippen LogP contribution is 2.48. The Morgan fingerprint density at radius 1 is 1.08 bits per heavy atom. The molecule has 1 saturated carbocycles. The maximum atomic E-state index is 17.4. The monoisotopic (exact) mass is 871 g/mol. The number of aromatic nitrogens is 3. The van der Waals surface area contributed by atoms with Gasteiger partial charge >= 0.3 is 12.0 Å². The molecule has 3 fully saturated rings. The molecule has 2 atom stereocenters. The maximum absolute atomic E-state index is 17.4. The number of aliphatic hydroxyl groups excluding tert-OH is 1. The predicted molar refractivity (Wildman–Crippen MR) is 220 cm³/mol. The number of carbonyl (C=O) groups is 2. The van der Waals surface area contributed by atoms with Crippen molar-refractivity contribution in [2.45, 2.75) is 76.6 Å². The van der Waals surface area contributed by atoms with Gasteiger partial charge in [0.05, 0.1) is 37.9 Å². The Morgan fingerprint density at radius 2 is 1.74 bits per heavy atom. The number of pyridine rings is 1. The van der Waals surface area contributed by atoms with Gasteiger partial charge in [0.15, 0.2) is 5.82 Å². The van der Waals surface area contributed by atoms with Crippen molar-refractivity contribution in [3.05, 3.63) is 41.5 Å². The van der Waals surface area contributed by atoms with Crippen LogP contribution in [0, 0.1) is 29.4 Å². The number of rotatable bonds is 13. The summed E-state index contributed by atoms with van der Waals surface area (Å²) in [4.78, 5) is 41.4. The van der Waals surface area contributed by atoms with Crippen LogP contribution in [-0.4, -0.2) is 136 Å². The number of likely N-dealkylation sites (tertiary alicyclic amines) is 1. The van der Waals surface area contributed by atoms with Gasteiger partial charge in [-0.3, -0.25) is 4.79 Å². The average molecular weight is 872 g/mol. The number of hydrogen-bond acceptors (Lipinski definition) is 11. The Morgan fingerprint density at radius 3 is 2.32 bits per heavy atom. The van der Waals surface area contributed by atoms with Crippen LogP contribution >= 0.6 is 0 Å². The topological polar surface area (TPSA) is 174 Å². The molecule has 2 aliphatic heterocycles. The van der Waals surface area contributed by atoms with Crippen molar-refractivity contribution in [2.24, 2.45) is 5.41 Å². The van der Waals surface area contributed by atoms with Gasteiger partial charge in [-0.15, -0.1) is 6.42 Å². The number of piperazine rings is 1. The molecule has 0 spiro atoms. The molecule has 14 nitrogen and oxygen atoms in total. The van der Waals surface area contributed by atoms with Crippen LogP contribution in [0.1, 0.15) is 57.9 Å². The first-order chi connectivity index (χ1) is 29.6. The zero-order valence-corrected chi connectivity index (χ0v) is 34.6. The number of amides is 2. The third-order valence-electron chi connectivity index (χ3n) is 11.8. The first-order valence-corrected chi connectivity index (χ1v) is 20.4. The molecule has 0 bridgehead atoms. The number of urea groups is 1. The molecule has 2 amide bonds. The Labute approximate surface area is 355 Å². The lowest BCUT2D eigenvalue weighted by molar-refractivity contribution is -0.122. The van der Waals surface area contributed by atoms with Crippen molar-refractivity contribution in [1.29, 1.82) is 0 Å². The number of carboxylic acid groups (broad SMARTS) is 1. The quantitative estimate of drug-likeness (QED) is 0.0689. The number of ether oxygens (including phenoxy) is 2. The van der Waals surface area contributed by atoms with Gasteiger partial charge in [0.25, 0.3) is 12.4 Å². The van der Waals surface area contributed by atoms with Crippen molar-refractivity contribution in [2.75, 3.05) is 64.5 Å².